The average molecular weight is 1090 g/mol. The summed E-state index contributed by atoms with van der Waals surface area (Å²) < 4.78 is 5.44. The van der Waals surface area contributed by atoms with E-state index in [0.717, 1.165) is 69.2 Å². The standard InChI is InChI=1S/C31H27Cl2N5O5.C23H19Cl2N3O4/c32-25-8-3-21(17-29(25)37(39)40)27-10-11-28(22-4-9-26(33)30(18-22)38(41)42)36(27)24-6-1-20(2-7-24)23-5-12-31(34-19-23)35-13-15-43-16-14-35;1-14-2-6-17(7-3-14)26-20(15-4-8-18(24)22(12-15)27(29)30)10-11-21(26)16-5-9-19(25)23(13-16)28(31)32/h1-9,12,17-19,27-28H,10-11,13-16H2;2-9,12-13,20-21H,10-11H2,1H3. The van der Waals surface area contributed by atoms with Gasteiger partial charge in [-0.1, -0.05) is 100 Å². The number of hydrogen-bond donors (Lipinski definition) is 0. The van der Waals surface area contributed by atoms with Gasteiger partial charge in [0.25, 0.3) is 22.7 Å². The summed E-state index contributed by atoms with van der Waals surface area (Å²) in [7, 11) is 0. The van der Waals surface area contributed by atoms with Crippen molar-refractivity contribution in [2.24, 2.45) is 0 Å². The van der Waals surface area contributed by atoms with Crippen LogP contribution in [0.5, 0.6) is 0 Å². The maximum absolute atomic E-state index is 11.7. The number of hydrogen-bond acceptors (Lipinski definition) is 13. The number of ether oxygens (including phenoxy) is 1. The van der Waals surface area contributed by atoms with Crippen LogP contribution in [0.25, 0.3) is 11.1 Å². The molecule has 7 aromatic rings. The molecule has 4 heterocycles. The van der Waals surface area contributed by atoms with Crippen LogP contribution in [0.1, 0.15) is 77.7 Å². The van der Waals surface area contributed by atoms with E-state index >= 15 is 0 Å². The van der Waals surface area contributed by atoms with E-state index in [1.807, 2.05) is 73.8 Å². The van der Waals surface area contributed by atoms with Crippen molar-refractivity contribution in [1.82, 2.24) is 4.98 Å². The van der Waals surface area contributed by atoms with Gasteiger partial charge in [0.2, 0.25) is 0 Å². The van der Waals surface area contributed by atoms with E-state index in [0.29, 0.717) is 38.9 Å². The van der Waals surface area contributed by atoms with E-state index in [1.54, 1.807) is 48.5 Å². The third-order valence-corrected chi connectivity index (χ3v) is 15.2. The second-order valence-electron chi connectivity index (χ2n) is 18.3. The van der Waals surface area contributed by atoms with Gasteiger partial charge >= 0.3 is 0 Å². The molecule has 1 aromatic heterocycles. The molecule has 0 bridgehead atoms. The molecule has 75 heavy (non-hydrogen) atoms. The van der Waals surface area contributed by atoms with Gasteiger partial charge in [-0.3, -0.25) is 40.5 Å². The largest absolute Gasteiger partial charge is 0.378 e. The normalized spacial score (nSPS) is 18.3. The first kappa shape index (κ1) is 52.5. The van der Waals surface area contributed by atoms with Gasteiger partial charge in [0.05, 0.1) is 57.1 Å². The summed E-state index contributed by atoms with van der Waals surface area (Å²) in [6.07, 6.45) is 4.64. The Hall–Kier alpha value is -7.41. The lowest BCUT2D eigenvalue weighted by molar-refractivity contribution is -0.384. The minimum Gasteiger partial charge on any atom is -0.378 e. The quantitative estimate of drug-likeness (QED) is 0.0826. The maximum atomic E-state index is 11.7. The fraction of sp³-hybridized carbons (Fsp3) is 0.241. The number of nitro groups is 4. The fourth-order valence-corrected chi connectivity index (χ4v) is 11.0. The van der Waals surface area contributed by atoms with E-state index in [4.69, 9.17) is 51.1 Å². The molecule has 6 aromatic carbocycles. The molecular formula is C54H46Cl4N8O9. The number of aromatic nitrogens is 1. The van der Waals surface area contributed by atoms with Gasteiger partial charge in [-0.25, -0.2) is 4.98 Å². The van der Waals surface area contributed by atoms with Gasteiger partial charge in [0.1, 0.15) is 25.9 Å². The second-order valence-corrected chi connectivity index (χ2v) is 19.9. The molecule has 10 rings (SSSR count). The van der Waals surface area contributed by atoms with Crippen LogP contribution in [0.4, 0.5) is 39.9 Å². The molecule has 3 aliphatic rings. The van der Waals surface area contributed by atoms with E-state index in [1.165, 1.54) is 24.3 Å². The van der Waals surface area contributed by atoms with Crippen LogP contribution in [0.3, 0.4) is 0 Å². The molecule has 3 fully saturated rings. The highest BCUT2D eigenvalue weighted by Gasteiger charge is 2.39. The minimum absolute atomic E-state index is 0.0702. The third-order valence-electron chi connectivity index (χ3n) is 13.9. The van der Waals surface area contributed by atoms with Gasteiger partial charge in [-0.2, -0.15) is 0 Å². The van der Waals surface area contributed by atoms with Crippen molar-refractivity contribution in [3.63, 3.8) is 0 Å². The summed E-state index contributed by atoms with van der Waals surface area (Å²) in [5, 5.41) is 46.5. The number of morpholine rings is 1. The second kappa shape index (κ2) is 22.6. The van der Waals surface area contributed by atoms with Crippen molar-refractivity contribution < 1.29 is 24.4 Å². The summed E-state index contributed by atoms with van der Waals surface area (Å²) >= 11 is 24.3. The van der Waals surface area contributed by atoms with Crippen molar-refractivity contribution in [2.75, 3.05) is 41.0 Å². The van der Waals surface area contributed by atoms with Crippen LogP contribution in [0, 0.1) is 47.4 Å². The van der Waals surface area contributed by atoms with Crippen LogP contribution in [-0.4, -0.2) is 51.0 Å². The molecular weight excluding hydrogens is 1050 g/mol. The summed E-state index contributed by atoms with van der Waals surface area (Å²) in [6, 6.07) is 38.8. The number of nitro benzene ring substituents is 4. The number of nitrogens with zero attached hydrogens (tertiary/aromatic N) is 8. The molecule has 3 saturated heterocycles. The zero-order valence-corrected chi connectivity index (χ0v) is 43.0. The molecule has 0 N–H and O–H groups in total. The van der Waals surface area contributed by atoms with Crippen LogP contribution in [-0.2, 0) is 4.74 Å². The first-order chi connectivity index (χ1) is 36.1. The Bertz CT molecular complexity index is 3150. The van der Waals surface area contributed by atoms with Gasteiger partial charge in [0, 0.05) is 60.5 Å². The predicted molar refractivity (Wildman–Crippen MR) is 291 cm³/mol. The highest BCUT2D eigenvalue weighted by atomic mass is 35.5. The topological polar surface area (TPSA) is 204 Å². The first-order valence-corrected chi connectivity index (χ1v) is 25.3. The molecule has 0 aliphatic carbocycles. The molecule has 0 amide bonds. The van der Waals surface area contributed by atoms with Crippen molar-refractivity contribution in [2.45, 2.75) is 56.8 Å². The average Bonchev–Trinajstić information content (AvgIpc) is 4.06. The van der Waals surface area contributed by atoms with Crippen LogP contribution < -0.4 is 14.7 Å². The molecule has 21 heteroatoms. The number of halogens is 4. The van der Waals surface area contributed by atoms with Crippen LogP contribution in [0.2, 0.25) is 20.1 Å². The molecule has 0 spiro atoms. The molecule has 0 saturated carbocycles. The molecule has 3 aliphatic heterocycles. The van der Waals surface area contributed by atoms with Crippen LogP contribution in [0.15, 0.2) is 140 Å². The molecule has 17 nitrogen and oxygen atoms in total. The lowest BCUT2D eigenvalue weighted by Crippen LogP contribution is -2.36. The Morgan fingerprint density at radius 1 is 0.467 bits per heavy atom. The Labute approximate surface area is 450 Å². The van der Waals surface area contributed by atoms with Gasteiger partial charge < -0.3 is 19.4 Å². The number of rotatable bonds is 12. The van der Waals surface area contributed by atoms with Crippen molar-refractivity contribution >= 4 is 86.3 Å². The lowest BCUT2D eigenvalue weighted by atomic mass is 10.0. The third kappa shape index (κ3) is 11.3. The summed E-state index contributed by atoms with van der Waals surface area (Å²) in [5.74, 6) is 0.917. The molecule has 384 valence electrons. The predicted octanol–water partition coefficient (Wildman–Crippen LogP) is 15.0. The Kier molecular flexibility index (Phi) is 15.8. The maximum Gasteiger partial charge on any atom is 0.288 e. The minimum atomic E-state index is -0.489. The van der Waals surface area contributed by atoms with Gasteiger partial charge in [0.15, 0.2) is 0 Å². The van der Waals surface area contributed by atoms with Crippen molar-refractivity contribution in [3.8, 4) is 11.1 Å². The number of anilines is 3. The van der Waals surface area contributed by atoms with Crippen LogP contribution >= 0.6 is 46.4 Å². The fourth-order valence-electron chi connectivity index (χ4n) is 10.2. The number of benzene rings is 6. The molecule has 4 atom stereocenters. The highest BCUT2D eigenvalue weighted by molar-refractivity contribution is 6.33. The van der Waals surface area contributed by atoms with Crippen molar-refractivity contribution in [1.29, 1.82) is 0 Å². The lowest BCUT2D eigenvalue weighted by Gasteiger charge is -2.33. The summed E-state index contributed by atoms with van der Waals surface area (Å²) in [6.45, 7) is 5.00. The van der Waals surface area contributed by atoms with E-state index < -0.39 is 19.7 Å². The monoisotopic (exact) mass is 1090 g/mol. The first-order valence-electron chi connectivity index (χ1n) is 23.8. The molecule has 0 radical (unpaired) electrons. The molecule has 4 unspecified atom stereocenters. The SMILES string of the molecule is Cc1ccc(N2C(c3ccc(Cl)c([N+](=O)[O-])c3)CCC2c2ccc(Cl)c([N+](=O)[O-])c2)cc1.O=[N+]([O-])c1cc(C2CCC(c3ccc(Cl)c([N+](=O)[O-])c3)N2c2ccc(-c3ccc(N4CCOCC4)nc3)cc2)ccc1Cl. The smallest absolute Gasteiger partial charge is 0.288 e. The zero-order chi connectivity index (χ0) is 53.1. The van der Waals surface area contributed by atoms with Gasteiger partial charge in [-0.05, 0) is 121 Å². The Morgan fingerprint density at radius 3 is 1.12 bits per heavy atom. The zero-order valence-electron chi connectivity index (χ0n) is 40.0. The van der Waals surface area contributed by atoms with Gasteiger partial charge in [-0.15, -0.1) is 0 Å². The number of aryl methyl sites for hydroxylation is 1. The summed E-state index contributed by atoms with van der Waals surface area (Å²) in [4.78, 5) is 55.4. The van der Waals surface area contributed by atoms with E-state index in [-0.39, 0.29) is 67.0 Å². The Balaban J connectivity index is 0.000000192. The summed E-state index contributed by atoms with van der Waals surface area (Å²) in [5.41, 5.74) is 7.30. The highest BCUT2D eigenvalue weighted by Crippen LogP contribution is 2.51. The van der Waals surface area contributed by atoms with E-state index in [2.05, 4.69) is 19.7 Å². The Morgan fingerprint density at radius 2 is 0.800 bits per heavy atom. The van der Waals surface area contributed by atoms with E-state index in [9.17, 15) is 40.5 Å². The number of pyridine rings is 1. The van der Waals surface area contributed by atoms with Crippen molar-refractivity contribution in [3.05, 3.63) is 228 Å².